The van der Waals surface area contributed by atoms with Gasteiger partial charge in [0.2, 0.25) is 0 Å². The van der Waals surface area contributed by atoms with Crippen molar-refractivity contribution in [1.29, 1.82) is 0 Å². The molecule has 0 unspecified atom stereocenters. The molecule has 5 heteroatoms. The number of benzene rings is 8. The molecule has 0 amide bonds. The van der Waals surface area contributed by atoms with Gasteiger partial charge in [-0.25, -0.2) is 0 Å². The van der Waals surface area contributed by atoms with Crippen molar-refractivity contribution in [2.45, 2.75) is 71.6 Å². The standard InChI is InChI=1S/C59H47BN2O2/c1-57(2,3)32-17-20-34(21-18-32)62-49-27-40-35-22-19-33(58(4,5)6)25-45(35)59(7,8)46(40)26-41(49)38-23-24-39-42-30-53-43(36-13-9-11-15-51(36)63-53)28-48(42)61-50-29-44-37-14-10-12-16-52(37)64-54(44)31-47(50)60(62)55(38)56(39)61/h9-31H,1-8H3. The van der Waals surface area contributed by atoms with Crippen molar-refractivity contribution in [2.75, 3.05) is 4.81 Å². The molecule has 3 aliphatic rings. The molecule has 0 fully saturated rings. The molecule has 14 rings (SSSR count). The average molecular weight is 827 g/mol. The summed E-state index contributed by atoms with van der Waals surface area (Å²) in [6.07, 6.45) is 0. The summed E-state index contributed by atoms with van der Waals surface area (Å²) in [6.45, 7) is 18.6. The molecule has 1 aliphatic carbocycles. The van der Waals surface area contributed by atoms with Crippen LogP contribution in [0.1, 0.15) is 77.6 Å². The maximum atomic E-state index is 6.76. The van der Waals surface area contributed by atoms with Crippen LogP contribution in [0.5, 0.6) is 0 Å². The van der Waals surface area contributed by atoms with Crippen LogP contribution < -0.4 is 15.7 Å². The van der Waals surface area contributed by atoms with Crippen LogP contribution in [0.2, 0.25) is 0 Å². The van der Waals surface area contributed by atoms with Crippen molar-refractivity contribution in [2.24, 2.45) is 0 Å². The molecular formula is C59H47BN2O2. The highest BCUT2D eigenvalue weighted by Gasteiger charge is 2.46. The van der Waals surface area contributed by atoms with E-state index in [1.54, 1.807) is 0 Å². The number of rotatable bonds is 1. The summed E-state index contributed by atoms with van der Waals surface area (Å²) in [4.78, 5) is 2.66. The fourth-order valence-corrected chi connectivity index (χ4v) is 11.9. The number of anilines is 2. The third-order valence-electron chi connectivity index (χ3n) is 15.3. The largest absolute Gasteiger partial charge is 0.456 e. The molecule has 64 heavy (non-hydrogen) atoms. The zero-order valence-electron chi connectivity index (χ0n) is 37.6. The van der Waals surface area contributed by atoms with Crippen molar-refractivity contribution in [1.82, 2.24) is 4.57 Å². The van der Waals surface area contributed by atoms with Gasteiger partial charge in [-0.3, -0.25) is 0 Å². The minimum atomic E-state index is -0.177. The molecule has 5 heterocycles. The van der Waals surface area contributed by atoms with Gasteiger partial charge >= 0.3 is 6.85 Å². The van der Waals surface area contributed by atoms with Crippen molar-refractivity contribution in [3.05, 3.63) is 162 Å². The van der Waals surface area contributed by atoms with Crippen LogP contribution in [0.4, 0.5) is 11.4 Å². The summed E-state index contributed by atoms with van der Waals surface area (Å²) < 4.78 is 15.9. The summed E-state index contributed by atoms with van der Waals surface area (Å²) in [6, 6.07) is 52.8. The van der Waals surface area contributed by atoms with Gasteiger partial charge in [-0.05, 0) is 121 Å². The second-order valence-electron chi connectivity index (χ2n) is 21.3. The summed E-state index contributed by atoms with van der Waals surface area (Å²) in [5, 5.41) is 6.95. The number of fused-ring (bicyclic) bond motifs is 17. The van der Waals surface area contributed by atoms with Crippen LogP contribution in [0.25, 0.3) is 93.6 Å². The Kier molecular flexibility index (Phi) is 6.72. The second-order valence-corrected chi connectivity index (χ2v) is 21.3. The lowest BCUT2D eigenvalue weighted by atomic mass is 9.44. The molecule has 0 N–H and O–H groups in total. The number of aromatic nitrogens is 1. The number of hydrogen-bond donors (Lipinski definition) is 0. The Morgan fingerprint density at radius 1 is 0.469 bits per heavy atom. The van der Waals surface area contributed by atoms with Gasteiger partial charge in [0, 0.05) is 60.4 Å². The molecule has 0 radical (unpaired) electrons. The molecule has 0 bridgehead atoms. The van der Waals surface area contributed by atoms with Crippen LogP contribution >= 0.6 is 0 Å². The fourth-order valence-electron chi connectivity index (χ4n) is 11.9. The summed E-state index contributed by atoms with van der Waals surface area (Å²) in [7, 11) is 0. The second kappa shape index (κ2) is 11.8. The van der Waals surface area contributed by atoms with E-state index < -0.39 is 0 Å². The molecule has 0 saturated heterocycles. The Hall–Kier alpha value is -6.98. The maximum Gasteiger partial charge on any atom is 0.333 e. The molecule has 0 atom stereocenters. The van der Waals surface area contributed by atoms with Gasteiger partial charge in [-0.15, -0.1) is 0 Å². The maximum absolute atomic E-state index is 6.76. The minimum Gasteiger partial charge on any atom is -0.456 e. The molecule has 0 spiro atoms. The SMILES string of the molecule is CC(C)(C)c1ccc(N2B3c4cc5oc6ccccc6c5cc4-n4c5cc6c(cc5c5ccc(c3c54)-c3cc4c(cc32)-c2ccc(C(C)(C)C)cc2C4(C)C)oc2ccccc26)cc1. The van der Waals surface area contributed by atoms with Gasteiger partial charge in [0.05, 0.1) is 11.0 Å². The van der Waals surface area contributed by atoms with Gasteiger partial charge in [-0.1, -0.05) is 134 Å². The first-order valence-electron chi connectivity index (χ1n) is 22.9. The van der Waals surface area contributed by atoms with Crippen LogP contribution in [0.15, 0.2) is 148 Å². The Morgan fingerprint density at radius 3 is 1.80 bits per heavy atom. The van der Waals surface area contributed by atoms with E-state index in [2.05, 4.69) is 204 Å². The van der Waals surface area contributed by atoms with Crippen molar-refractivity contribution in [3.63, 3.8) is 0 Å². The van der Waals surface area contributed by atoms with Crippen molar-refractivity contribution < 1.29 is 8.83 Å². The molecule has 8 aromatic carbocycles. The smallest absolute Gasteiger partial charge is 0.333 e. The van der Waals surface area contributed by atoms with E-state index in [1.165, 1.54) is 94.3 Å². The van der Waals surface area contributed by atoms with E-state index in [0.29, 0.717) is 0 Å². The highest BCUT2D eigenvalue weighted by molar-refractivity contribution is 6.94. The monoisotopic (exact) mass is 826 g/mol. The summed E-state index contributed by atoms with van der Waals surface area (Å²) >= 11 is 0. The third-order valence-corrected chi connectivity index (χ3v) is 15.3. The predicted molar refractivity (Wildman–Crippen MR) is 269 cm³/mol. The Labute approximate surface area is 372 Å². The highest BCUT2D eigenvalue weighted by Crippen LogP contribution is 2.55. The number of nitrogens with zero attached hydrogens (tertiary/aromatic N) is 2. The topological polar surface area (TPSA) is 34.5 Å². The Bertz CT molecular complexity index is 3900. The van der Waals surface area contributed by atoms with Gasteiger partial charge in [0.25, 0.3) is 0 Å². The van der Waals surface area contributed by atoms with Crippen LogP contribution in [-0.2, 0) is 16.2 Å². The Balaban J connectivity index is 1.14. The Morgan fingerprint density at radius 2 is 1.09 bits per heavy atom. The average Bonchev–Trinajstić information content (AvgIpc) is 3.99. The van der Waals surface area contributed by atoms with E-state index in [0.717, 1.165) is 43.9 Å². The normalized spacial score (nSPS) is 14.9. The number of furan rings is 2. The first kappa shape index (κ1) is 36.5. The van der Waals surface area contributed by atoms with E-state index >= 15 is 0 Å². The zero-order chi connectivity index (χ0) is 43.3. The quantitative estimate of drug-likeness (QED) is 0.155. The fraction of sp³-hybridized carbons (Fsp3) is 0.186. The lowest BCUT2D eigenvalue weighted by Gasteiger charge is -2.42. The van der Waals surface area contributed by atoms with Crippen LogP contribution in [0.3, 0.4) is 0 Å². The van der Waals surface area contributed by atoms with Crippen molar-refractivity contribution in [3.8, 4) is 27.9 Å². The van der Waals surface area contributed by atoms with Crippen molar-refractivity contribution >= 4 is 94.8 Å². The van der Waals surface area contributed by atoms with E-state index in [-0.39, 0.29) is 23.1 Å². The summed E-state index contributed by atoms with van der Waals surface area (Å²) in [5.41, 5.74) is 22.8. The highest BCUT2D eigenvalue weighted by atomic mass is 16.3. The lowest BCUT2D eigenvalue weighted by molar-refractivity contribution is 0.584. The summed E-state index contributed by atoms with van der Waals surface area (Å²) in [5.74, 6) is 0. The molecule has 2 aliphatic heterocycles. The molecular weight excluding hydrogens is 779 g/mol. The van der Waals surface area contributed by atoms with Gasteiger partial charge in [0.1, 0.15) is 22.3 Å². The first-order chi connectivity index (χ1) is 30.7. The molecule has 4 nitrogen and oxygen atoms in total. The third kappa shape index (κ3) is 4.59. The van der Waals surface area contributed by atoms with Gasteiger partial charge < -0.3 is 18.2 Å². The minimum absolute atomic E-state index is 0.0227. The van der Waals surface area contributed by atoms with Crippen LogP contribution in [0, 0.1) is 0 Å². The van der Waals surface area contributed by atoms with E-state index in [4.69, 9.17) is 8.83 Å². The number of para-hydroxylation sites is 2. The van der Waals surface area contributed by atoms with Crippen LogP contribution in [-0.4, -0.2) is 11.4 Å². The lowest BCUT2D eigenvalue weighted by Crippen LogP contribution is -2.60. The molecule has 3 aromatic heterocycles. The van der Waals surface area contributed by atoms with Gasteiger partial charge in [-0.2, -0.15) is 0 Å². The molecule has 0 saturated carbocycles. The van der Waals surface area contributed by atoms with E-state index in [1.807, 2.05) is 0 Å². The molecule has 11 aromatic rings. The number of hydrogen-bond acceptors (Lipinski definition) is 3. The zero-order valence-corrected chi connectivity index (χ0v) is 37.6. The first-order valence-corrected chi connectivity index (χ1v) is 22.9. The predicted octanol–water partition coefficient (Wildman–Crippen LogP) is 14.7. The molecule has 308 valence electrons. The van der Waals surface area contributed by atoms with Gasteiger partial charge in [0.15, 0.2) is 0 Å². The van der Waals surface area contributed by atoms with E-state index in [9.17, 15) is 0 Å².